The molecule has 0 saturated carbocycles. The molecular weight excluding hydrogens is 448 g/mol. The highest BCUT2D eigenvalue weighted by Crippen LogP contribution is 2.08. The van der Waals surface area contributed by atoms with Gasteiger partial charge in [0.25, 0.3) is 0 Å². The second-order valence-corrected chi connectivity index (χ2v) is 8.70. The monoisotopic (exact) mass is 486 g/mol. The molecule has 0 aliphatic carbocycles. The minimum absolute atomic E-state index is 0.0189. The van der Waals surface area contributed by atoms with Crippen molar-refractivity contribution in [3.63, 3.8) is 0 Å². The molecule has 12 nitrogen and oxygen atoms in total. The van der Waals surface area contributed by atoms with Gasteiger partial charge in [-0.15, -0.1) is 0 Å². The summed E-state index contributed by atoms with van der Waals surface area (Å²) in [6.07, 6.45) is -0.0952. The molecule has 0 aliphatic rings. The zero-order valence-electron chi connectivity index (χ0n) is 20.8. The van der Waals surface area contributed by atoms with Crippen molar-refractivity contribution in [2.24, 2.45) is 11.8 Å². The van der Waals surface area contributed by atoms with Crippen LogP contribution in [0.5, 0.6) is 0 Å². The molecule has 0 aliphatic heterocycles. The summed E-state index contributed by atoms with van der Waals surface area (Å²) >= 11 is 0. The lowest BCUT2D eigenvalue weighted by atomic mass is 10.0. The third-order valence-corrected chi connectivity index (χ3v) is 4.37. The van der Waals surface area contributed by atoms with Crippen LogP contribution in [0.4, 0.5) is 0 Å². The summed E-state index contributed by atoms with van der Waals surface area (Å²) in [6.45, 7) is 8.02. The number of carbonyl (C=O) groups is 6. The molecule has 194 valence electrons. The van der Waals surface area contributed by atoms with Gasteiger partial charge in [0.05, 0.1) is 13.1 Å². The molecule has 12 heteroatoms. The van der Waals surface area contributed by atoms with Gasteiger partial charge in [-0.2, -0.15) is 0 Å². The van der Waals surface area contributed by atoms with E-state index in [1.54, 1.807) is 7.05 Å². The van der Waals surface area contributed by atoms with Crippen molar-refractivity contribution in [3.05, 3.63) is 0 Å². The molecule has 0 rings (SSSR count). The lowest BCUT2D eigenvalue weighted by molar-refractivity contribution is -0.171. The average molecular weight is 487 g/mol. The van der Waals surface area contributed by atoms with Crippen LogP contribution in [-0.2, 0) is 38.2 Å². The smallest absolute Gasteiger partial charge is 0.331 e. The van der Waals surface area contributed by atoms with E-state index in [-0.39, 0.29) is 37.1 Å². The largest absolute Gasteiger partial charge is 0.427 e. The van der Waals surface area contributed by atoms with Gasteiger partial charge in [0.1, 0.15) is 24.3 Å². The standard InChI is InChI=1S/C22H38N4O8/c1-13(2)7-16(23-6)21(31)33-12-34-22(32)17(8-14(3)4)26-20(30)10-19(29)25-11-24-18(28)9-15(5)27/h13-14,16-17,23H,7-12H2,1-6H3,(H,24,28)(H,25,29)(H,26,30). The minimum atomic E-state index is -1.04. The maximum Gasteiger partial charge on any atom is 0.331 e. The summed E-state index contributed by atoms with van der Waals surface area (Å²) in [6, 6.07) is -1.57. The zero-order valence-corrected chi connectivity index (χ0v) is 20.8. The van der Waals surface area contributed by atoms with E-state index in [1.165, 1.54) is 6.92 Å². The van der Waals surface area contributed by atoms with Crippen molar-refractivity contribution >= 4 is 35.4 Å². The Hall–Kier alpha value is -3.02. The molecule has 4 N–H and O–H groups in total. The van der Waals surface area contributed by atoms with Crippen LogP contribution < -0.4 is 21.3 Å². The van der Waals surface area contributed by atoms with Gasteiger partial charge in [-0.1, -0.05) is 27.7 Å². The third-order valence-electron chi connectivity index (χ3n) is 4.37. The Morgan fingerprint density at radius 2 is 1.18 bits per heavy atom. The highest BCUT2D eigenvalue weighted by atomic mass is 16.7. The molecule has 0 aromatic rings. The van der Waals surface area contributed by atoms with E-state index in [9.17, 15) is 28.8 Å². The SMILES string of the molecule is CNC(CC(C)C)C(=O)OCOC(=O)C(CC(C)C)NC(=O)CC(=O)NCNC(=O)CC(C)=O. The number of carbonyl (C=O) groups excluding carboxylic acids is 6. The predicted octanol–water partition coefficient (Wildman–Crippen LogP) is -0.246. The summed E-state index contributed by atoms with van der Waals surface area (Å²) in [5, 5.41) is 9.92. The van der Waals surface area contributed by atoms with Gasteiger partial charge >= 0.3 is 11.9 Å². The Kier molecular flexibility index (Phi) is 15.1. The molecule has 0 bridgehead atoms. The number of ketones is 1. The van der Waals surface area contributed by atoms with E-state index in [0.29, 0.717) is 6.42 Å². The Bertz CT molecular complexity index is 724. The first kappa shape index (κ1) is 31.0. The van der Waals surface area contributed by atoms with Crippen molar-refractivity contribution in [1.82, 2.24) is 21.3 Å². The summed E-state index contributed by atoms with van der Waals surface area (Å²) in [4.78, 5) is 70.8. The Morgan fingerprint density at radius 1 is 0.706 bits per heavy atom. The topological polar surface area (TPSA) is 169 Å². The van der Waals surface area contributed by atoms with Gasteiger partial charge in [0.2, 0.25) is 24.5 Å². The van der Waals surface area contributed by atoms with Crippen molar-refractivity contribution in [3.8, 4) is 0 Å². The maximum absolute atomic E-state index is 12.4. The van der Waals surface area contributed by atoms with Gasteiger partial charge in [0, 0.05) is 0 Å². The second-order valence-electron chi connectivity index (χ2n) is 8.70. The first-order valence-corrected chi connectivity index (χ1v) is 11.2. The number of rotatable bonds is 16. The van der Waals surface area contributed by atoms with E-state index in [2.05, 4.69) is 21.3 Å². The number of nitrogens with one attached hydrogen (secondary N) is 4. The summed E-state index contributed by atoms with van der Waals surface area (Å²) < 4.78 is 10.0. The van der Waals surface area contributed by atoms with Gasteiger partial charge in [-0.05, 0) is 38.6 Å². The molecule has 0 fully saturated rings. The van der Waals surface area contributed by atoms with E-state index >= 15 is 0 Å². The quantitative estimate of drug-likeness (QED) is 0.131. The van der Waals surface area contributed by atoms with Crippen molar-refractivity contribution in [2.45, 2.75) is 72.4 Å². The van der Waals surface area contributed by atoms with Gasteiger partial charge in [-0.25, -0.2) is 4.79 Å². The number of esters is 2. The Labute approximate surface area is 200 Å². The van der Waals surface area contributed by atoms with E-state index in [1.807, 2.05) is 27.7 Å². The van der Waals surface area contributed by atoms with Crippen LogP contribution in [0.25, 0.3) is 0 Å². The van der Waals surface area contributed by atoms with Gasteiger partial charge in [0.15, 0.2) is 0 Å². The number of likely N-dealkylation sites (N-methyl/N-ethyl adjacent to an activating group) is 1. The molecule has 0 aromatic heterocycles. The maximum atomic E-state index is 12.4. The molecule has 2 atom stereocenters. The van der Waals surface area contributed by atoms with E-state index in [0.717, 1.165) is 0 Å². The van der Waals surface area contributed by atoms with Crippen molar-refractivity contribution in [2.75, 3.05) is 20.5 Å². The molecule has 3 amide bonds. The van der Waals surface area contributed by atoms with Gasteiger partial charge in [-0.3, -0.25) is 24.0 Å². The average Bonchev–Trinajstić information content (AvgIpc) is 2.70. The predicted molar refractivity (Wildman–Crippen MR) is 122 cm³/mol. The first-order valence-electron chi connectivity index (χ1n) is 11.2. The highest BCUT2D eigenvalue weighted by Gasteiger charge is 2.25. The van der Waals surface area contributed by atoms with Crippen molar-refractivity contribution < 1.29 is 38.2 Å². The minimum Gasteiger partial charge on any atom is -0.427 e. The highest BCUT2D eigenvalue weighted by molar-refractivity contribution is 5.99. The zero-order chi connectivity index (χ0) is 26.3. The van der Waals surface area contributed by atoms with Crippen LogP contribution in [0.15, 0.2) is 0 Å². The molecule has 0 radical (unpaired) electrons. The fraction of sp³-hybridized carbons (Fsp3) is 0.727. The van der Waals surface area contributed by atoms with Crippen LogP contribution >= 0.6 is 0 Å². The lowest BCUT2D eigenvalue weighted by Gasteiger charge is -2.20. The fourth-order valence-electron chi connectivity index (χ4n) is 2.82. The Balaban J connectivity index is 4.61. The fourth-order valence-corrected chi connectivity index (χ4v) is 2.82. The van der Waals surface area contributed by atoms with Crippen LogP contribution in [-0.4, -0.2) is 68.0 Å². The molecule has 2 unspecified atom stereocenters. The molecular formula is C22H38N4O8. The summed E-state index contributed by atoms with van der Waals surface area (Å²) in [5.74, 6) is -3.36. The van der Waals surface area contributed by atoms with Crippen LogP contribution in [0.1, 0.15) is 60.3 Å². The summed E-state index contributed by atoms with van der Waals surface area (Å²) in [7, 11) is 1.63. The first-order chi connectivity index (χ1) is 15.8. The van der Waals surface area contributed by atoms with Crippen LogP contribution in [0, 0.1) is 11.8 Å². The molecule has 0 aromatic carbocycles. The lowest BCUT2D eigenvalue weighted by Crippen LogP contribution is -2.45. The van der Waals surface area contributed by atoms with Crippen LogP contribution in [0.2, 0.25) is 0 Å². The second kappa shape index (κ2) is 16.6. The summed E-state index contributed by atoms with van der Waals surface area (Å²) in [5.41, 5.74) is 0. The van der Waals surface area contributed by atoms with Crippen LogP contribution in [0.3, 0.4) is 0 Å². The van der Waals surface area contributed by atoms with Crippen molar-refractivity contribution in [1.29, 1.82) is 0 Å². The Morgan fingerprint density at radius 3 is 1.65 bits per heavy atom. The number of Topliss-reactive ketones (excluding diaryl/α,β-unsaturated/α-hetero) is 1. The number of hydrogen-bond acceptors (Lipinski definition) is 9. The number of hydrogen-bond donors (Lipinski definition) is 4. The van der Waals surface area contributed by atoms with E-state index in [4.69, 9.17) is 9.47 Å². The molecule has 0 spiro atoms. The van der Waals surface area contributed by atoms with Gasteiger partial charge < -0.3 is 30.7 Å². The molecule has 0 saturated heterocycles. The number of amides is 3. The molecule has 34 heavy (non-hydrogen) atoms. The number of ether oxygens (including phenoxy) is 2. The molecule has 0 heterocycles. The normalized spacial score (nSPS) is 12.5. The third kappa shape index (κ3) is 14.9. The van der Waals surface area contributed by atoms with E-state index < -0.39 is 55.0 Å².